The van der Waals surface area contributed by atoms with Gasteiger partial charge in [-0.3, -0.25) is 20.3 Å². The van der Waals surface area contributed by atoms with Crippen molar-refractivity contribution in [3.63, 3.8) is 0 Å². The number of anilines is 2. The van der Waals surface area contributed by atoms with Crippen molar-refractivity contribution in [1.29, 1.82) is 0 Å². The second-order valence-electron chi connectivity index (χ2n) is 16.6. The number of ether oxygens (including phenoxy) is 11. The van der Waals surface area contributed by atoms with Gasteiger partial charge in [-0.25, -0.2) is 14.4 Å². The van der Waals surface area contributed by atoms with Gasteiger partial charge in [0, 0.05) is 22.6 Å². The van der Waals surface area contributed by atoms with E-state index in [4.69, 9.17) is 67.6 Å². The van der Waals surface area contributed by atoms with Crippen molar-refractivity contribution < 1.29 is 100 Å². The van der Waals surface area contributed by atoms with Crippen LogP contribution < -0.4 is 88.4 Å². The van der Waals surface area contributed by atoms with Crippen molar-refractivity contribution in [2.75, 3.05) is 67.5 Å². The van der Waals surface area contributed by atoms with Crippen LogP contribution in [0.1, 0.15) is 52.7 Å². The molecule has 1 aliphatic heterocycles. The van der Waals surface area contributed by atoms with Crippen molar-refractivity contribution in [3.05, 3.63) is 98.2 Å². The second-order valence-corrected chi connectivity index (χ2v) is 17.4. The molecule has 0 saturated heterocycles. The zero-order chi connectivity index (χ0) is 53.0. The molecule has 0 aliphatic carbocycles. The minimum Gasteiger partial charge on any atom is -0.495 e. The summed E-state index contributed by atoms with van der Waals surface area (Å²) in [4.78, 5) is 51.6. The van der Waals surface area contributed by atoms with Crippen LogP contribution in [-0.4, -0.2) is 91.1 Å². The normalized spacial score (nSPS) is 12.6. The number of amides is 2. The first-order valence-corrected chi connectivity index (χ1v) is 22.0. The van der Waals surface area contributed by atoms with Crippen molar-refractivity contribution in [2.24, 2.45) is 0 Å². The fourth-order valence-corrected chi connectivity index (χ4v) is 7.22. The Bertz CT molecular complexity index is 2910. The van der Waals surface area contributed by atoms with E-state index in [2.05, 4.69) is 26.6 Å². The largest absolute Gasteiger partial charge is 1.00 e. The molecule has 0 fully saturated rings. The third-order valence-electron chi connectivity index (χ3n) is 9.64. The van der Waals surface area contributed by atoms with E-state index in [1.165, 1.54) is 73.9 Å². The number of fused-ring (bicyclic) bond motifs is 2. The molecule has 1 atom stereocenters. The summed E-state index contributed by atoms with van der Waals surface area (Å²) >= 11 is 3.28. The van der Waals surface area contributed by atoms with Gasteiger partial charge in [0.1, 0.15) is 22.7 Å². The molecular formula is C49H55BrN5NaO16. The number of benzene rings is 4. The fraction of sp³-hybridized carbons (Fsp3) is 0.347. The first-order chi connectivity index (χ1) is 33.5. The van der Waals surface area contributed by atoms with E-state index in [1.54, 1.807) is 90.1 Å². The first kappa shape index (κ1) is 59.3. The van der Waals surface area contributed by atoms with Crippen molar-refractivity contribution in [1.82, 2.24) is 0 Å². The third-order valence-corrected chi connectivity index (χ3v) is 10.3. The molecular weight excluding hydrogens is 1020 g/mol. The van der Waals surface area contributed by atoms with Crippen LogP contribution >= 0.6 is 15.9 Å². The van der Waals surface area contributed by atoms with E-state index in [1.807, 2.05) is 0 Å². The third kappa shape index (κ3) is 14.6. The van der Waals surface area contributed by atoms with Gasteiger partial charge in [0.25, 0.3) is 0 Å². The summed E-state index contributed by atoms with van der Waals surface area (Å²) in [6.45, 7) is 10.6. The number of nitrogens with one attached hydrogen (secondary N) is 2. The van der Waals surface area contributed by atoms with Crippen LogP contribution in [0.2, 0.25) is 0 Å². The molecule has 1 unspecified atom stereocenters. The van der Waals surface area contributed by atoms with Gasteiger partial charge >= 0.3 is 47.4 Å². The van der Waals surface area contributed by atoms with Gasteiger partial charge in [-0.1, -0.05) is 12.1 Å². The van der Waals surface area contributed by atoms with Gasteiger partial charge in [0.2, 0.25) is 33.8 Å². The standard InChI is InChI=1S/C25H28BrNO8.C24H27NO8.N3.Na/c1-25(2,3)35-24(29)27-16-10-13(8-9-18(16)30-4)14-11-17(28)23(26)34-20-15(14)12-19(31-5)21(32-6)22(20)33-7;1-24(2,3)33-23(27)25-16-10-13(8-9-17(16)28-4)14-12-19(26)32-20-15(14)11-18(29-5)21(30-6)22(20)31-7;1-3-2;/h8-12,23H,1-7H3,(H,27,29);8-12H,1-7H3,(H,25,27);;/q;;-1;+1. The number of hydrogen-bond acceptors (Lipinski definition) is 16. The summed E-state index contributed by atoms with van der Waals surface area (Å²) in [7, 11) is 11.8. The molecule has 5 aromatic rings. The maximum Gasteiger partial charge on any atom is 1.00 e. The maximum absolute atomic E-state index is 12.9. The van der Waals surface area contributed by atoms with Crippen LogP contribution in [0.25, 0.3) is 43.6 Å². The zero-order valence-electron chi connectivity index (χ0n) is 42.6. The minimum atomic E-state index is -0.955. The molecule has 72 heavy (non-hydrogen) atoms. The summed E-state index contributed by atoms with van der Waals surface area (Å²) in [5, 5.41) is 5.01. The number of alkyl halides is 1. The van der Waals surface area contributed by atoms with Crippen LogP contribution in [0, 0.1) is 0 Å². The number of halogens is 1. The molecule has 0 saturated carbocycles. The molecule has 2 N–H and O–H groups in total. The van der Waals surface area contributed by atoms with Gasteiger partial charge in [-0.05, 0) is 117 Å². The number of hydrogen-bond donors (Lipinski definition) is 2. The zero-order valence-corrected chi connectivity index (χ0v) is 46.2. The molecule has 0 spiro atoms. The molecule has 2 amide bonds. The van der Waals surface area contributed by atoms with Gasteiger partial charge in [-0.2, -0.15) is 0 Å². The SMILES string of the molecule is COc1ccc(-c2cc(=O)oc3c(OC)c(OC)c(OC)cc23)cc1NC(=O)OC(C)(C)C.COc1ccc(C2=CC(=O)C(Br)Oc3c2cc(OC)c(OC)c3OC)cc1NC(=O)OC(C)(C)C.[N-]=[N+]=[N-].[Na+]. The van der Waals surface area contributed by atoms with E-state index in [9.17, 15) is 19.2 Å². The molecule has 2 heterocycles. The number of carbonyl (C=O) groups excluding carboxylic acids is 3. The van der Waals surface area contributed by atoms with E-state index < -0.39 is 34.0 Å². The van der Waals surface area contributed by atoms with Gasteiger partial charge in [-0.15, -0.1) is 0 Å². The van der Waals surface area contributed by atoms with Crippen LogP contribution in [0.3, 0.4) is 0 Å². The van der Waals surface area contributed by atoms with Gasteiger partial charge in [0.15, 0.2) is 22.8 Å². The summed E-state index contributed by atoms with van der Waals surface area (Å²) < 4.78 is 65.7. The van der Waals surface area contributed by atoms with Gasteiger partial charge in [0.05, 0.1) is 68.3 Å². The number of rotatable bonds is 12. The molecule has 6 rings (SSSR count). The number of carbonyl (C=O) groups is 3. The predicted molar refractivity (Wildman–Crippen MR) is 268 cm³/mol. The van der Waals surface area contributed by atoms with E-state index >= 15 is 0 Å². The summed E-state index contributed by atoms with van der Waals surface area (Å²) in [6, 6.07) is 15.0. The van der Waals surface area contributed by atoms with Crippen LogP contribution in [-0.2, 0) is 14.3 Å². The Morgan fingerprint density at radius 1 is 0.597 bits per heavy atom. The Morgan fingerprint density at radius 3 is 1.50 bits per heavy atom. The smallest absolute Gasteiger partial charge is 0.495 e. The molecule has 0 radical (unpaired) electrons. The average molecular weight is 1070 g/mol. The molecule has 23 heteroatoms. The van der Waals surface area contributed by atoms with Crippen molar-refractivity contribution >= 4 is 61.8 Å². The second kappa shape index (κ2) is 25.9. The minimum absolute atomic E-state index is 0. The topological polar surface area (TPSA) is 266 Å². The summed E-state index contributed by atoms with van der Waals surface area (Å²) in [5.74, 6) is 2.72. The molecule has 21 nitrogen and oxygen atoms in total. The quantitative estimate of drug-likeness (QED) is 0.0300. The summed E-state index contributed by atoms with van der Waals surface area (Å²) in [5.41, 5.74) is 15.3. The predicted octanol–water partition coefficient (Wildman–Crippen LogP) is 7.89. The summed E-state index contributed by atoms with van der Waals surface area (Å²) in [6.07, 6.45) is 0.176. The van der Waals surface area contributed by atoms with Crippen LogP contribution in [0.15, 0.2) is 69.9 Å². The monoisotopic (exact) mass is 1070 g/mol. The molecule has 380 valence electrons. The number of methoxy groups -OCH3 is 8. The Morgan fingerprint density at radius 2 is 1.04 bits per heavy atom. The molecule has 1 aromatic heterocycles. The van der Waals surface area contributed by atoms with Gasteiger partial charge < -0.3 is 67.6 Å². The molecule has 4 aromatic carbocycles. The molecule has 1 aliphatic rings. The average Bonchev–Trinajstić information content (AvgIpc) is 3.43. The Hall–Kier alpha value is -6.97. The van der Waals surface area contributed by atoms with Crippen LogP contribution in [0.5, 0.6) is 51.7 Å². The fourth-order valence-electron chi connectivity index (χ4n) is 6.90. The van der Waals surface area contributed by atoms with E-state index in [0.29, 0.717) is 84.8 Å². The first-order valence-electron chi connectivity index (χ1n) is 21.1. The maximum atomic E-state index is 12.9. The van der Waals surface area contributed by atoms with Crippen molar-refractivity contribution in [2.45, 2.75) is 57.8 Å². The Kier molecular flexibility index (Phi) is 21.4. The Labute approximate surface area is 446 Å². The molecule has 0 bridgehead atoms. The van der Waals surface area contributed by atoms with E-state index in [-0.39, 0.29) is 52.4 Å². The van der Waals surface area contributed by atoms with E-state index in [0.717, 1.165) is 0 Å². The number of ketones is 1. The number of nitrogens with zero attached hydrogens (tertiary/aromatic N) is 3. The van der Waals surface area contributed by atoms with Crippen LogP contribution in [0.4, 0.5) is 21.0 Å². The Balaban J connectivity index is 0.000000356. The van der Waals surface area contributed by atoms with Crippen molar-refractivity contribution in [3.8, 4) is 62.9 Å².